The summed E-state index contributed by atoms with van der Waals surface area (Å²) in [6.07, 6.45) is 4.37. The number of carbonyl (C=O) groups is 1. The summed E-state index contributed by atoms with van der Waals surface area (Å²) in [7, 11) is 0. The van der Waals surface area contributed by atoms with Crippen LogP contribution in [0.5, 0.6) is 0 Å². The molecule has 0 saturated heterocycles. The molecule has 1 aliphatic carbocycles. The Hall–Kier alpha value is -3.74. The summed E-state index contributed by atoms with van der Waals surface area (Å²) in [5.74, 6) is -8.53. The highest BCUT2D eigenvalue weighted by atomic mass is 19.2. The number of rotatable bonds is 3. The van der Waals surface area contributed by atoms with Crippen molar-refractivity contribution in [2.75, 3.05) is 0 Å². The number of fused-ring (bicyclic) bond motifs is 1. The Bertz CT molecular complexity index is 1310. The van der Waals surface area contributed by atoms with Gasteiger partial charge in [-0.3, -0.25) is 4.79 Å². The van der Waals surface area contributed by atoms with E-state index in [0.717, 1.165) is 41.0 Å². The first-order valence-corrected chi connectivity index (χ1v) is 11.0. The molecule has 3 nitrogen and oxygen atoms in total. The third-order valence-electron chi connectivity index (χ3n) is 6.32. The van der Waals surface area contributed by atoms with Gasteiger partial charge in [-0.1, -0.05) is 60.7 Å². The molecule has 3 aromatic carbocycles. The van der Waals surface area contributed by atoms with E-state index in [1.54, 1.807) is 0 Å². The molecule has 0 unspecified atom stereocenters. The second kappa shape index (κ2) is 8.89. The number of benzene rings is 3. The summed E-state index contributed by atoms with van der Waals surface area (Å²) < 4.78 is 55.8. The lowest BCUT2D eigenvalue weighted by Crippen LogP contribution is -2.32. The van der Waals surface area contributed by atoms with Gasteiger partial charge in [0.2, 0.25) is 0 Å². The van der Waals surface area contributed by atoms with Gasteiger partial charge in [0.15, 0.2) is 23.3 Å². The van der Waals surface area contributed by atoms with Crippen LogP contribution in [0.2, 0.25) is 0 Å². The van der Waals surface area contributed by atoms with Gasteiger partial charge in [0.05, 0.1) is 17.3 Å². The van der Waals surface area contributed by atoms with Gasteiger partial charge in [-0.2, -0.15) is 5.10 Å². The number of hydrogen-bond donors (Lipinski definition) is 0. The van der Waals surface area contributed by atoms with Gasteiger partial charge < -0.3 is 0 Å². The Morgan fingerprint density at radius 3 is 2.29 bits per heavy atom. The van der Waals surface area contributed by atoms with Gasteiger partial charge in [0.25, 0.3) is 5.91 Å². The molecule has 3 aromatic rings. The van der Waals surface area contributed by atoms with E-state index in [4.69, 9.17) is 0 Å². The molecule has 0 aromatic heterocycles. The van der Waals surface area contributed by atoms with E-state index in [0.29, 0.717) is 11.8 Å². The molecule has 2 atom stereocenters. The summed E-state index contributed by atoms with van der Waals surface area (Å²) in [5, 5.41) is 5.66. The summed E-state index contributed by atoms with van der Waals surface area (Å²) >= 11 is 0. The van der Waals surface area contributed by atoms with Crippen molar-refractivity contribution in [3.63, 3.8) is 0 Å². The van der Waals surface area contributed by atoms with Crippen LogP contribution in [0, 0.1) is 29.2 Å². The molecule has 0 bridgehead atoms. The van der Waals surface area contributed by atoms with E-state index in [2.05, 4.69) is 5.10 Å². The monoisotopic (exact) mass is 464 g/mol. The molecule has 1 saturated carbocycles. The van der Waals surface area contributed by atoms with Crippen LogP contribution < -0.4 is 0 Å². The Balaban J connectivity index is 1.62. The van der Waals surface area contributed by atoms with Crippen LogP contribution in [0.4, 0.5) is 17.6 Å². The lowest BCUT2D eigenvalue weighted by atomic mass is 9.77. The fraction of sp³-hybridized carbons (Fsp3) is 0.185. The fourth-order valence-corrected chi connectivity index (χ4v) is 4.75. The quantitative estimate of drug-likeness (QED) is 0.242. The Morgan fingerprint density at radius 1 is 0.912 bits per heavy atom. The third kappa shape index (κ3) is 3.81. The molecule has 0 radical (unpaired) electrons. The van der Waals surface area contributed by atoms with Crippen molar-refractivity contribution in [2.24, 2.45) is 11.0 Å². The molecule has 1 fully saturated rings. The van der Waals surface area contributed by atoms with Crippen molar-refractivity contribution in [1.82, 2.24) is 5.01 Å². The molecule has 7 heteroatoms. The predicted molar refractivity (Wildman–Crippen MR) is 121 cm³/mol. The van der Waals surface area contributed by atoms with Crippen LogP contribution >= 0.6 is 0 Å². The van der Waals surface area contributed by atoms with Crippen molar-refractivity contribution >= 4 is 17.7 Å². The maximum Gasteiger partial charge on any atom is 0.277 e. The molecule has 1 amide bonds. The number of hydrazone groups is 1. The number of nitrogens with zero attached hydrogens (tertiary/aromatic N) is 2. The molecule has 34 heavy (non-hydrogen) atoms. The Labute approximate surface area is 194 Å². The van der Waals surface area contributed by atoms with E-state index in [1.165, 1.54) is 0 Å². The molecule has 1 aliphatic heterocycles. The van der Waals surface area contributed by atoms with E-state index in [-0.39, 0.29) is 5.92 Å². The first-order valence-electron chi connectivity index (χ1n) is 11.0. The zero-order chi connectivity index (χ0) is 23.8. The largest absolute Gasteiger partial charge is 0.277 e. The van der Waals surface area contributed by atoms with E-state index >= 15 is 0 Å². The molecule has 5 rings (SSSR count). The van der Waals surface area contributed by atoms with Crippen LogP contribution in [0.25, 0.3) is 6.08 Å². The molecular formula is C27H20F4N2O. The highest BCUT2D eigenvalue weighted by Crippen LogP contribution is 2.45. The number of allylic oxidation sites excluding steroid dienone is 1. The third-order valence-corrected chi connectivity index (χ3v) is 6.32. The zero-order valence-electron chi connectivity index (χ0n) is 18.0. The molecule has 172 valence electrons. The SMILES string of the molecule is O=C(c1cc(F)c(F)c(F)c1F)N1N=C2/C(=C\c3ccccc3)CCC[C@@H]2[C@H]1c1ccccc1. The van der Waals surface area contributed by atoms with Gasteiger partial charge in [-0.05, 0) is 48.1 Å². The van der Waals surface area contributed by atoms with Crippen molar-refractivity contribution in [3.8, 4) is 0 Å². The average Bonchev–Trinajstić information content (AvgIpc) is 3.26. The fourth-order valence-electron chi connectivity index (χ4n) is 4.75. The van der Waals surface area contributed by atoms with E-state index in [9.17, 15) is 22.4 Å². The molecule has 2 aliphatic rings. The van der Waals surface area contributed by atoms with Gasteiger partial charge in [-0.25, -0.2) is 22.6 Å². The lowest BCUT2D eigenvalue weighted by Gasteiger charge is -2.29. The van der Waals surface area contributed by atoms with Gasteiger partial charge in [0.1, 0.15) is 0 Å². The first-order chi connectivity index (χ1) is 16.5. The van der Waals surface area contributed by atoms with Gasteiger partial charge >= 0.3 is 0 Å². The Morgan fingerprint density at radius 2 is 1.59 bits per heavy atom. The minimum Gasteiger partial charge on any atom is -0.267 e. The predicted octanol–water partition coefficient (Wildman–Crippen LogP) is 6.68. The van der Waals surface area contributed by atoms with Gasteiger partial charge in [-0.15, -0.1) is 0 Å². The lowest BCUT2D eigenvalue weighted by molar-refractivity contribution is 0.0673. The maximum atomic E-state index is 14.5. The molecule has 0 N–H and O–H groups in total. The van der Waals surface area contributed by atoms with Crippen LogP contribution in [0.15, 0.2) is 77.4 Å². The molecule has 0 spiro atoms. The van der Waals surface area contributed by atoms with E-state index in [1.807, 2.05) is 66.7 Å². The van der Waals surface area contributed by atoms with Crippen LogP contribution in [0.1, 0.15) is 46.8 Å². The second-order valence-electron chi connectivity index (χ2n) is 8.42. The summed E-state index contributed by atoms with van der Waals surface area (Å²) in [5.41, 5.74) is 2.50. The second-order valence-corrected chi connectivity index (χ2v) is 8.42. The van der Waals surface area contributed by atoms with Crippen molar-refractivity contribution in [3.05, 3.63) is 112 Å². The first kappa shape index (κ1) is 22.1. The van der Waals surface area contributed by atoms with Gasteiger partial charge in [0, 0.05) is 5.92 Å². The number of amides is 1. The van der Waals surface area contributed by atoms with Crippen molar-refractivity contribution in [2.45, 2.75) is 25.3 Å². The Kier molecular flexibility index (Phi) is 5.77. The smallest absolute Gasteiger partial charge is 0.267 e. The standard InChI is InChI=1S/C27H20F4N2O/c28-21-15-20(22(29)24(31)23(21)30)27(34)33-26(17-10-5-2-6-11-17)19-13-7-12-18(25(19)32-33)14-16-8-3-1-4-9-16/h1-6,8-11,14-15,19,26H,7,12-13H2/b18-14-/t19-,26+/m0/s1. The minimum absolute atomic E-state index is 0.173. The summed E-state index contributed by atoms with van der Waals surface area (Å²) in [4.78, 5) is 13.4. The van der Waals surface area contributed by atoms with Crippen molar-refractivity contribution < 1.29 is 22.4 Å². The zero-order valence-corrected chi connectivity index (χ0v) is 18.0. The number of carbonyl (C=O) groups excluding carboxylic acids is 1. The number of hydrogen-bond acceptors (Lipinski definition) is 2. The summed E-state index contributed by atoms with van der Waals surface area (Å²) in [6.45, 7) is 0. The topological polar surface area (TPSA) is 32.7 Å². The average molecular weight is 464 g/mol. The normalized spacial score (nSPS) is 20.9. The summed E-state index contributed by atoms with van der Waals surface area (Å²) in [6, 6.07) is 18.6. The molecule has 1 heterocycles. The van der Waals surface area contributed by atoms with Crippen LogP contribution in [0.3, 0.4) is 0 Å². The van der Waals surface area contributed by atoms with Crippen molar-refractivity contribution in [1.29, 1.82) is 0 Å². The number of halogens is 4. The van der Waals surface area contributed by atoms with Crippen LogP contribution in [-0.4, -0.2) is 16.6 Å². The van der Waals surface area contributed by atoms with Crippen LogP contribution in [-0.2, 0) is 0 Å². The highest BCUT2D eigenvalue weighted by molar-refractivity contribution is 6.09. The highest BCUT2D eigenvalue weighted by Gasteiger charge is 2.44. The van der Waals surface area contributed by atoms with E-state index < -0.39 is 40.8 Å². The minimum atomic E-state index is -2.02. The maximum absolute atomic E-state index is 14.5. The molecular weight excluding hydrogens is 444 g/mol.